The van der Waals surface area contributed by atoms with Gasteiger partial charge in [-0.3, -0.25) is 9.69 Å². The van der Waals surface area contributed by atoms with Crippen molar-refractivity contribution >= 4 is 23.4 Å². The van der Waals surface area contributed by atoms with Gasteiger partial charge >= 0.3 is 6.61 Å². The van der Waals surface area contributed by atoms with E-state index in [0.717, 1.165) is 22.6 Å². The number of hydrogen-bond donors (Lipinski definition) is 0. The van der Waals surface area contributed by atoms with Crippen molar-refractivity contribution in [3.8, 4) is 5.75 Å². The number of thioether (sulfide) groups is 1. The van der Waals surface area contributed by atoms with Crippen LogP contribution in [0.4, 0.5) is 14.5 Å². The summed E-state index contributed by atoms with van der Waals surface area (Å²) in [6.45, 7) is 0.883. The van der Waals surface area contributed by atoms with E-state index >= 15 is 0 Å². The number of amides is 1. The maximum Gasteiger partial charge on any atom is 0.387 e. The van der Waals surface area contributed by atoms with E-state index in [1.54, 1.807) is 12.1 Å². The quantitative estimate of drug-likeness (QED) is 0.700. The first-order chi connectivity index (χ1) is 13.4. The first-order valence-corrected chi connectivity index (χ1v) is 10.1. The van der Waals surface area contributed by atoms with Crippen LogP contribution in [0.5, 0.6) is 5.75 Å². The highest BCUT2D eigenvalue weighted by Crippen LogP contribution is 2.37. The van der Waals surface area contributed by atoms with Gasteiger partial charge < -0.3 is 9.64 Å². The van der Waals surface area contributed by atoms with Crippen LogP contribution in [0, 0.1) is 0 Å². The van der Waals surface area contributed by atoms with Crippen molar-refractivity contribution in [3.63, 3.8) is 0 Å². The fraction of sp³-hybridized carbons (Fsp3) is 0.381. The number of likely N-dealkylation sites (N-methyl/N-ethyl adjacent to an activating group) is 1. The Kier molecular flexibility index (Phi) is 6.91. The zero-order chi connectivity index (χ0) is 20.1. The summed E-state index contributed by atoms with van der Waals surface area (Å²) < 4.78 is 28.8. The Morgan fingerprint density at radius 2 is 1.96 bits per heavy atom. The van der Waals surface area contributed by atoms with Crippen molar-refractivity contribution in [2.24, 2.45) is 0 Å². The van der Waals surface area contributed by atoms with E-state index in [2.05, 4.69) is 17.7 Å². The highest BCUT2D eigenvalue weighted by atomic mass is 32.2. The molecule has 28 heavy (non-hydrogen) atoms. The second-order valence-corrected chi connectivity index (χ2v) is 8.41. The van der Waals surface area contributed by atoms with Crippen LogP contribution in [0.3, 0.4) is 0 Å². The molecule has 1 aliphatic rings. The molecule has 7 heteroatoms. The number of hydrogen-bond acceptors (Lipinski definition) is 4. The molecule has 0 aromatic heterocycles. The van der Waals surface area contributed by atoms with Crippen molar-refractivity contribution in [1.82, 2.24) is 4.90 Å². The fourth-order valence-electron chi connectivity index (χ4n) is 3.21. The summed E-state index contributed by atoms with van der Waals surface area (Å²) in [5.74, 6) is 0.188. The molecule has 1 aliphatic heterocycles. The van der Waals surface area contributed by atoms with E-state index in [1.165, 1.54) is 12.1 Å². The van der Waals surface area contributed by atoms with Gasteiger partial charge in [-0.05, 0) is 43.3 Å². The third kappa shape index (κ3) is 5.45. The average molecular weight is 406 g/mol. The summed E-state index contributed by atoms with van der Waals surface area (Å²) in [6, 6.07) is 14.5. The maximum absolute atomic E-state index is 13.0. The topological polar surface area (TPSA) is 32.8 Å². The summed E-state index contributed by atoms with van der Waals surface area (Å²) >= 11 is 1.81. The Hall–Kier alpha value is -2.12. The smallest absolute Gasteiger partial charge is 0.387 e. The predicted molar refractivity (Wildman–Crippen MR) is 108 cm³/mol. The molecule has 1 atom stereocenters. The van der Waals surface area contributed by atoms with Crippen LogP contribution in [0.25, 0.3) is 0 Å². The highest BCUT2D eigenvalue weighted by Gasteiger charge is 2.24. The molecule has 1 unspecified atom stereocenters. The van der Waals surface area contributed by atoms with E-state index < -0.39 is 6.61 Å². The predicted octanol–water partition coefficient (Wildman–Crippen LogP) is 4.64. The second kappa shape index (κ2) is 9.39. The van der Waals surface area contributed by atoms with Gasteiger partial charge in [-0.1, -0.05) is 31.2 Å². The van der Waals surface area contributed by atoms with Crippen molar-refractivity contribution < 1.29 is 18.3 Å². The van der Waals surface area contributed by atoms with Gasteiger partial charge in [-0.2, -0.15) is 8.78 Å². The molecule has 1 amide bonds. The lowest BCUT2D eigenvalue weighted by molar-refractivity contribution is -0.119. The Labute approximate surface area is 168 Å². The molecule has 1 heterocycles. The number of nitrogens with zero attached hydrogens (tertiary/aromatic N) is 2. The first-order valence-electron chi connectivity index (χ1n) is 9.20. The van der Waals surface area contributed by atoms with E-state index in [-0.39, 0.29) is 18.2 Å². The molecule has 0 bridgehead atoms. The normalized spacial score (nSPS) is 16.8. The zero-order valence-electron chi connectivity index (χ0n) is 16.0. The SMILES string of the molecule is CC1CCN(C(=O)CN(C)Cc2ccc(OC(F)F)cc2)c2ccccc2S1. The largest absolute Gasteiger partial charge is 0.435 e. The molecule has 0 saturated heterocycles. The Morgan fingerprint density at radius 1 is 1.25 bits per heavy atom. The number of benzene rings is 2. The monoisotopic (exact) mass is 406 g/mol. The average Bonchev–Trinajstić information content (AvgIpc) is 2.81. The zero-order valence-corrected chi connectivity index (χ0v) is 16.8. The first kappa shape index (κ1) is 20.6. The minimum Gasteiger partial charge on any atom is -0.435 e. The molecule has 0 N–H and O–H groups in total. The van der Waals surface area contributed by atoms with Gasteiger partial charge in [0, 0.05) is 23.2 Å². The van der Waals surface area contributed by atoms with Gasteiger partial charge in [-0.15, -0.1) is 11.8 Å². The highest BCUT2D eigenvalue weighted by molar-refractivity contribution is 8.00. The van der Waals surface area contributed by atoms with E-state index in [9.17, 15) is 13.6 Å². The van der Waals surface area contributed by atoms with Crippen LogP contribution in [0.15, 0.2) is 53.4 Å². The molecular formula is C21H24F2N2O2S. The van der Waals surface area contributed by atoms with E-state index in [4.69, 9.17) is 0 Å². The number of fused-ring (bicyclic) bond motifs is 1. The third-order valence-corrected chi connectivity index (χ3v) is 5.79. The lowest BCUT2D eigenvalue weighted by Gasteiger charge is -2.25. The van der Waals surface area contributed by atoms with Crippen molar-refractivity contribution in [1.29, 1.82) is 0 Å². The van der Waals surface area contributed by atoms with Crippen LogP contribution in [-0.2, 0) is 11.3 Å². The molecule has 0 aliphatic carbocycles. The standard InChI is InChI=1S/C21H24F2N2O2S/c1-15-11-12-25(18-5-3-4-6-19(18)28-15)20(26)14-24(2)13-16-7-9-17(10-8-16)27-21(22)23/h3-10,15,21H,11-14H2,1-2H3. The third-order valence-electron chi connectivity index (χ3n) is 4.55. The molecular weight excluding hydrogens is 382 g/mol. The van der Waals surface area contributed by atoms with Gasteiger partial charge in [0.1, 0.15) is 5.75 Å². The van der Waals surface area contributed by atoms with Crippen molar-refractivity contribution in [2.75, 3.05) is 25.0 Å². The Morgan fingerprint density at radius 3 is 2.68 bits per heavy atom. The van der Waals surface area contributed by atoms with Crippen molar-refractivity contribution in [2.45, 2.75) is 36.6 Å². The number of halogens is 2. The maximum atomic E-state index is 13.0. The summed E-state index contributed by atoms with van der Waals surface area (Å²) in [5, 5.41) is 0.464. The van der Waals surface area contributed by atoms with Crippen molar-refractivity contribution in [3.05, 3.63) is 54.1 Å². The molecule has 0 fully saturated rings. The van der Waals surface area contributed by atoms with Crippen LogP contribution in [-0.4, -0.2) is 42.8 Å². The van der Waals surface area contributed by atoms with Gasteiger partial charge in [0.05, 0.1) is 12.2 Å². The number of carbonyl (C=O) groups excluding carboxylic acids is 1. The lowest BCUT2D eigenvalue weighted by atomic mass is 10.2. The van der Waals surface area contributed by atoms with Crippen LogP contribution in [0.1, 0.15) is 18.9 Å². The summed E-state index contributed by atoms with van der Waals surface area (Å²) in [5.41, 5.74) is 1.90. The second-order valence-electron chi connectivity index (χ2n) is 6.92. The van der Waals surface area contributed by atoms with E-state index in [1.807, 2.05) is 46.8 Å². The van der Waals surface area contributed by atoms with Crippen LogP contribution < -0.4 is 9.64 Å². The molecule has 150 valence electrons. The Bertz CT molecular complexity index is 801. The van der Waals surface area contributed by atoms with E-state index in [0.29, 0.717) is 18.3 Å². The molecule has 2 aromatic carbocycles. The molecule has 4 nitrogen and oxygen atoms in total. The number of carbonyl (C=O) groups is 1. The number of ether oxygens (including phenoxy) is 1. The molecule has 0 spiro atoms. The fourth-order valence-corrected chi connectivity index (χ4v) is 4.32. The minimum absolute atomic E-state index is 0.0577. The van der Waals surface area contributed by atoms with Gasteiger partial charge in [-0.25, -0.2) is 0 Å². The Balaban J connectivity index is 1.62. The molecule has 3 rings (SSSR count). The van der Waals surface area contributed by atoms with Gasteiger partial charge in [0.2, 0.25) is 5.91 Å². The molecule has 2 aromatic rings. The summed E-state index contributed by atoms with van der Waals surface area (Å²) in [6.07, 6.45) is 0.945. The number of alkyl halides is 2. The summed E-state index contributed by atoms with van der Waals surface area (Å²) in [4.78, 5) is 17.9. The summed E-state index contributed by atoms with van der Waals surface area (Å²) in [7, 11) is 1.88. The minimum atomic E-state index is -2.83. The molecule has 0 radical (unpaired) electrons. The lowest BCUT2D eigenvalue weighted by Crippen LogP contribution is -2.39. The number of rotatable bonds is 6. The molecule has 0 saturated carbocycles. The number of anilines is 1. The van der Waals surface area contributed by atoms with Gasteiger partial charge in [0.25, 0.3) is 0 Å². The van der Waals surface area contributed by atoms with Crippen LogP contribution in [0.2, 0.25) is 0 Å². The van der Waals surface area contributed by atoms with Gasteiger partial charge in [0.15, 0.2) is 0 Å². The van der Waals surface area contributed by atoms with Crippen LogP contribution >= 0.6 is 11.8 Å². The number of para-hydroxylation sites is 1.